The van der Waals surface area contributed by atoms with Gasteiger partial charge >= 0.3 is 0 Å². The molecular weight excluding hydrogens is 232 g/mol. The molecular formula is C12H14N4O2. The van der Waals surface area contributed by atoms with Crippen LogP contribution in [0.5, 0.6) is 0 Å². The normalized spacial score (nSPS) is 10.3. The van der Waals surface area contributed by atoms with E-state index in [2.05, 4.69) is 15.3 Å². The molecule has 0 fully saturated rings. The van der Waals surface area contributed by atoms with Gasteiger partial charge in [-0.25, -0.2) is 4.98 Å². The van der Waals surface area contributed by atoms with E-state index in [4.69, 9.17) is 0 Å². The van der Waals surface area contributed by atoms with Crippen molar-refractivity contribution in [2.45, 2.75) is 13.3 Å². The highest BCUT2D eigenvalue weighted by Gasteiger charge is 2.12. The molecule has 0 aliphatic rings. The Morgan fingerprint density at radius 1 is 1.50 bits per heavy atom. The lowest BCUT2D eigenvalue weighted by molar-refractivity contribution is -0.384. The molecule has 0 saturated carbocycles. The molecule has 94 valence electrons. The van der Waals surface area contributed by atoms with Crippen LogP contribution < -0.4 is 5.32 Å². The van der Waals surface area contributed by atoms with Gasteiger partial charge < -0.3 is 10.3 Å². The highest BCUT2D eigenvalue weighted by molar-refractivity contribution is 5.62. The summed E-state index contributed by atoms with van der Waals surface area (Å²) in [5.74, 6) is 0.859. The first kappa shape index (κ1) is 12.1. The van der Waals surface area contributed by atoms with E-state index < -0.39 is 0 Å². The average molecular weight is 246 g/mol. The van der Waals surface area contributed by atoms with Gasteiger partial charge in [-0.05, 0) is 18.6 Å². The summed E-state index contributed by atoms with van der Waals surface area (Å²) in [6, 6.07) is 5.15. The fourth-order valence-electron chi connectivity index (χ4n) is 1.69. The molecule has 0 aliphatic carbocycles. The van der Waals surface area contributed by atoms with Crippen LogP contribution in [0.3, 0.4) is 0 Å². The van der Waals surface area contributed by atoms with Gasteiger partial charge in [0.25, 0.3) is 5.69 Å². The summed E-state index contributed by atoms with van der Waals surface area (Å²) in [4.78, 5) is 17.6. The third-order valence-corrected chi connectivity index (χ3v) is 2.58. The molecule has 0 spiro atoms. The van der Waals surface area contributed by atoms with Crippen molar-refractivity contribution >= 4 is 11.4 Å². The Balaban J connectivity index is 2.02. The molecule has 2 aromatic rings. The molecule has 2 rings (SSSR count). The molecule has 6 heteroatoms. The van der Waals surface area contributed by atoms with Crippen LogP contribution in [0.15, 0.2) is 30.6 Å². The van der Waals surface area contributed by atoms with Gasteiger partial charge in [0.05, 0.1) is 4.92 Å². The van der Waals surface area contributed by atoms with Crippen molar-refractivity contribution in [2.75, 3.05) is 11.9 Å². The van der Waals surface area contributed by atoms with Crippen molar-refractivity contribution < 1.29 is 4.92 Å². The van der Waals surface area contributed by atoms with Crippen molar-refractivity contribution in [3.63, 3.8) is 0 Å². The summed E-state index contributed by atoms with van der Waals surface area (Å²) in [7, 11) is 0. The van der Waals surface area contributed by atoms with E-state index in [1.807, 2.05) is 13.0 Å². The second-order valence-electron chi connectivity index (χ2n) is 3.99. The van der Waals surface area contributed by atoms with Gasteiger partial charge in [-0.15, -0.1) is 0 Å². The Bertz CT molecular complexity index is 537. The number of nitro groups is 1. The summed E-state index contributed by atoms with van der Waals surface area (Å²) < 4.78 is 0. The van der Waals surface area contributed by atoms with Crippen LogP contribution in [-0.4, -0.2) is 21.4 Å². The van der Waals surface area contributed by atoms with Crippen molar-refractivity contribution in [1.29, 1.82) is 0 Å². The SMILES string of the molecule is Cc1ccc(NCCc2ncc[nH]2)c([N+](=O)[O-])c1. The molecule has 0 aliphatic heterocycles. The zero-order chi connectivity index (χ0) is 13.0. The Kier molecular flexibility index (Phi) is 3.57. The largest absolute Gasteiger partial charge is 0.379 e. The van der Waals surface area contributed by atoms with Crippen molar-refractivity contribution in [2.24, 2.45) is 0 Å². The molecule has 1 aromatic heterocycles. The lowest BCUT2D eigenvalue weighted by atomic mass is 10.2. The lowest BCUT2D eigenvalue weighted by Crippen LogP contribution is -2.07. The minimum atomic E-state index is -0.373. The van der Waals surface area contributed by atoms with Crippen LogP contribution in [0.2, 0.25) is 0 Å². The van der Waals surface area contributed by atoms with Crippen LogP contribution in [0, 0.1) is 17.0 Å². The highest BCUT2D eigenvalue weighted by Crippen LogP contribution is 2.24. The smallest absolute Gasteiger partial charge is 0.292 e. The van der Waals surface area contributed by atoms with E-state index in [0.717, 1.165) is 11.4 Å². The van der Waals surface area contributed by atoms with Gasteiger partial charge in [-0.2, -0.15) is 0 Å². The topological polar surface area (TPSA) is 83.8 Å². The average Bonchev–Trinajstić information content (AvgIpc) is 2.84. The van der Waals surface area contributed by atoms with E-state index in [9.17, 15) is 10.1 Å². The van der Waals surface area contributed by atoms with E-state index in [-0.39, 0.29) is 10.6 Å². The van der Waals surface area contributed by atoms with Crippen LogP contribution in [0.25, 0.3) is 0 Å². The van der Waals surface area contributed by atoms with Gasteiger partial charge in [0, 0.05) is 31.4 Å². The number of hydrogen-bond acceptors (Lipinski definition) is 4. The molecule has 0 unspecified atom stereocenters. The van der Waals surface area contributed by atoms with E-state index >= 15 is 0 Å². The molecule has 2 N–H and O–H groups in total. The molecule has 1 aromatic carbocycles. The molecule has 0 saturated heterocycles. The van der Waals surface area contributed by atoms with Gasteiger partial charge in [0.15, 0.2) is 0 Å². The number of nitro benzene ring substituents is 1. The minimum absolute atomic E-state index is 0.106. The Morgan fingerprint density at radius 3 is 3.00 bits per heavy atom. The fraction of sp³-hybridized carbons (Fsp3) is 0.250. The quantitative estimate of drug-likeness (QED) is 0.626. The number of hydrogen-bond donors (Lipinski definition) is 2. The van der Waals surface area contributed by atoms with E-state index in [1.165, 1.54) is 0 Å². The van der Waals surface area contributed by atoms with Crippen LogP contribution in [-0.2, 0) is 6.42 Å². The van der Waals surface area contributed by atoms with Crippen molar-refractivity contribution in [3.8, 4) is 0 Å². The number of aryl methyl sites for hydroxylation is 1. The molecule has 0 atom stereocenters. The summed E-state index contributed by atoms with van der Waals surface area (Å²) >= 11 is 0. The highest BCUT2D eigenvalue weighted by atomic mass is 16.6. The van der Waals surface area contributed by atoms with Gasteiger partial charge in [0.1, 0.15) is 11.5 Å². The number of benzene rings is 1. The monoisotopic (exact) mass is 246 g/mol. The Hall–Kier alpha value is -2.37. The third kappa shape index (κ3) is 2.85. The van der Waals surface area contributed by atoms with Crippen LogP contribution >= 0.6 is 0 Å². The second kappa shape index (κ2) is 5.31. The van der Waals surface area contributed by atoms with Crippen LogP contribution in [0.1, 0.15) is 11.4 Å². The zero-order valence-electron chi connectivity index (χ0n) is 10.0. The predicted molar refractivity (Wildman–Crippen MR) is 68.6 cm³/mol. The van der Waals surface area contributed by atoms with Crippen molar-refractivity contribution in [3.05, 3.63) is 52.1 Å². The maximum atomic E-state index is 10.9. The van der Waals surface area contributed by atoms with E-state index in [1.54, 1.807) is 24.5 Å². The third-order valence-electron chi connectivity index (χ3n) is 2.58. The summed E-state index contributed by atoms with van der Waals surface area (Å²) in [6.07, 6.45) is 4.13. The maximum absolute atomic E-state index is 10.9. The van der Waals surface area contributed by atoms with E-state index in [0.29, 0.717) is 18.7 Å². The second-order valence-corrected chi connectivity index (χ2v) is 3.99. The first-order valence-electron chi connectivity index (χ1n) is 5.64. The van der Waals surface area contributed by atoms with Gasteiger partial charge in [-0.3, -0.25) is 10.1 Å². The fourth-order valence-corrected chi connectivity index (χ4v) is 1.69. The number of nitrogens with zero attached hydrogens (tertiary/aromatic N) is 2. The predicted octanol–water partition coefficient (Wildman–Crippen LogP) is 2.28. The first-order valence-corrected chi connectivity index (χ1v) is 5.64. The lowest BCUT2D eigenvalue weighted by Gasteiger charge is -2.06. The molecule has 6 nitrogen and oxygen atoms in total. The molecule has 0 bridgehead atoms. The van der Waals surface area contributed by atoms with Gasteiger partial charge in [0.2, 0.25) is 0 Å². The molecule has 18 heavy (non-hydrogen) atoms. The zero-order valence-corrected chi connectivity index (χ0v) is 10.0. The number of aromatic nitrogens is 2. The maximum Gasteiger partial charge on any atom is 0.292 e. The van der Waals surface area contributed by atoms with Gasteiger partial charge in [-0.1, -0.05) is 6.07 Å². The number of aromatic amines is 1. The molecule has 1 heterocycles. The number of H-pyrrole nitrogens is 1. The number of nitrogens with one attached hydrogen (secondary N) is 2. The Morgan fingerprint density at radius 2 is 2.33 bits per heavy atom. The first-order chi connectivity index (χ1) is 8.66. The standard InChI is InChI=1S/C12H14N4O2/c1-9-2-3-10(11(8-9)16(17)18)13-5-4-12-14-6-7-15-12/h2-3,6-8,13H,4-5H2,1H3,(H,14,15). The summed E-state index contributed by atoms with van der Waals surface area (Å²) in [5, 5.41) is 14.0. The Labute approximate surface area is 104 Å². The van der Waals surface area contributed by atoms with Crippen molar-refractivity contribution in [1.82, 2.24) is 9.97 Å². The summed E-state index contributed by atoms with van der Waals surface area (Å²) in [6.45, 7) is 2.43. The summed E-state index contributed by atoms with van der Waals surface area (Å²) in [5.41, 5.74) is 1.52. The van der Waals surface area contributed by atoms with Crippen LogP contribution in [0.4, 0.5) is 11.4 Å². The minimum Gasteiger partial charge on any atom is -0.379 e. The molecule has 0 radical (unpaired) electrons. The number of rotatable bonds is 5. The number of imidazole rings is 1. The number of anilines is 1. The molecule has 0 amide bonds.